The van der Waals surface area contributed by atoms with Gasteiger partial charge in [-0.2, -0.15) is 0 Å². The quantitative estimate of drug-likeness (QED) is 0.702. The van der Waals surface area contributed by atoms with E-state index in [-0.39, 0.29) is 35.4 Å². The average Bonchev–Trinajstić information content (AvgIpc) is 3.23. The summed E-state index contributed by atoms with van der Waals surface area (Å²) in [4.78, 5) is 0. The van der Waals surface area contributed by atoms with E-state index < -0.39 is 5.79 Å². The molecule has 5 rings (SSSR count). The van der Waals surface area contributed by atoms with E-state index in [1.54, 1.807) is 0 Å². The Morgan fingerprint density at radius 3 is 2.54 bits per heavy atom. The first kappa shape index (κ1) is 19.5. The van der Waals surface area contributed by atoms with E-state index in [0.717, 1.165) is 38.0 Å². The lowest BCUT2D eigenvalue weighted by Gasteiger charge is -2.58. The standard InChI is InChI=1S/C24H38O4/c1-22-8-6-17(26)13-16(22)4-5-18-19(22)7-9-23(2)20(18)12-15(14-25)21(23)24(3)27-10-11-28-24/h4,15,17-21,25-26H,5-14H2,1-3H3/t15-,17+,18+,19-,20+,21+,22-,23-/m0/s1. The van der Waals surface area contributed by atoms with Crippen molar-refractivity contribution in [1.29, 1.82) is 0 Å². The minimum absolute atomic E-state index is 0.143. The van der Waals surface area contributed by atoms with Crippen molar-refractivity contribution in [3.63, 3.8) is 0 Å². The van der Waals surface area contributed by atoms with Crippen molar-refractivity contribution in [3.05, 3.63) is 11.6 Å². The summed E-state index contributed by atoms with van der Waals surface area (Å²) in [6.07, 6.45) is 10.00. The topological polar surface area (TPSA) is 58.9 Å². The molecule has 28 heavy (non-hydrogen) atoms. The Hall–Kier alpha value is -0.420. The monoisotopic (exact) mass is 390 g/mol. The third-order valence-electron chi connectivity index (χ3n) is 9.91. The van der Waals surface area contributed by atoms with Crippen molar-refractivity contribution < 1.29 is 19.7 Å². The van der Waals surface area contributed by atoms with Crippen LogP contribution in [0.25, 0.3) is 0 Å². The van der Waals surface area contributed by atoms with Gasteiger partial charge in [0.2, 0.25) is 0 Å². The van der Waals surface area contributed by atoms with Gasteiger partial charge in [-0.05, 0) is 86.4 Å². The van der Waals surface area contributed by atoms with Gasteiger partial charge in [0, 0.05) is 12.5 Å². The van der Waals surface area contributed by atoms with E-state index in [9.17, 15) is 10.2 Å². The summed E-state index contributed by atoms with van der Waals surface area (Å²) < 4.78 is 12.3. The molecule has 0 aromatic heterocycles. The second kappa shape index (κ2) is 6.54. The molecule has 1 aliphatic heterocycles. The molecule has 0 spiro atoms. The molecule has 0 unspecified atom stereocenters. The molecular weight excluding hydrogens is 352 g/mol. The number of hydrogen-bond donors (Lipinski definition) is 2. The highest BCUT2D eigenvalue weighted by atomic mass is 16.7. The molecule has 0 amide bonds. The number of rotatable bonds is 2. The van der Waals surface area contributed by atoms with Crippen LogP contribution in [0.1, 0.15) is 65.7 Å². The zero-order valence-electron chi connectivity index (χ0n) is 17.8. The van der Waals surface area contributed by atoms with Crippen LogP contribution in [0.2, 0.25) is 0 Å². The van der Waals surface area contributed by atoms with Crippen molar-refractivity contribution in [2.24, 2.45) is 40.4 Å². The van der Waals surface area contributed by atoms with Crippen molar-refractivity contribution >= 4 is 0 Å². The lowest BCUT2D eigenvalue weighted by atomic mass is 9.47. The maximum atomic E-state index is 10.3. The van der Waals surface area contributed by atoms with E-state index in [2.05, 4.69) is 26.8 Å². The minimum atomic E-state index is -0.543. The van der Waals surface area contributed by atoms with Crippen molar-refractivity contribution in [1.82, 2.24) is 0 Å². The summed E-state index contributed by atoms with van der Waals surface area (Å²) in [7, 11) is 0. The summed E-state index contributed by atoms with van der Waals surface area (Å²) >= 11 is 0. The Kier molecular flexibility index (Phi) is 4.56. The fourth-order valence-corrected chi connectivity index (χ4v) is 8.74. The van der Waals surface area contributed by atoms with E-state index in [1.807, 2.05) is 0 Å². The van der Waals surface area contributed by atoms with Gasteiger partial charge in [0.15, 0.2) is 5.79 Å². The summed E-state index contributed by atoms with van der Waals surface area (Å²) in [5, 5.41) is 20.5. The zero-order chi connectivity index (χ0) is 19.7. The van der Waals surface area contributed by atoms with Crippen LogP contribution in [0.4, 0.5) is 0 Å². The first-order valence-electron chi connectivity index (χ1n) is 11.6. The molecule has 4 nitrogen and oxygen atoms in total. The van der Waals surface area contributed by atoms with E-state index >= 15 is 0 Å². The number of aliphatic hydroxyl groups is 2. The number of aliphatic hydroxyl groups excluding tert-OH is 2. The molecule has 3 saturated carbocycles. The van der Waals surface area contributed by atoms with Crippen molar-refractivity contribution in [2.75, 3.05) is 19.8 Å². The highest BCUT2D eigenvalue weighted by Crippen LogP contribution is 2.69. The van der Waals surface area contributed by atoms with E-state index in [4.69, 9.17) is 9.47 Å². The molecule has 5 aliphatic rings. The molecule has 0 aromatic carbocycles. The maximum absolute atomic E-state index is 10.3. The van der Waals surface area contributed by atoms with Crippen LogP contribution < -0.4 is 0 Å². The molecule has 0 aromatic rings. The lowest BCUT2D eigenvalue weighted by Crippen LogP contribution is -2.54. The lowest BCUT2D eigenvalue weighted by molar-refractivity contribution is -0.225. The molecule has 158 valence electrons. The number of ether oxygens (including phenoxy) is 2. The first-order chi connectivity index (χ1) is 13.3. The highest BCUT2D eigenvalue weighted by molar-refractivity contribution is 5.26. The minimum Gasteiger partial charge on any atom is -0.396 e. The van der Waals surface area contributed by atoms with Gasteiger partial charge in [0.05, 0.1) is 19.3 Å². The summed E-state index contributed by atoms with van der Waals surface area (Å²) in [6.45, 7) is 8.65. The second-order valence-electron chi connectivity index (χ2n) is 11.1. The molecular formula is C24H38O4. The number of fused-ring (bicyclic) bond motifs is 5. The normalized spacial score (nSPS) is 52.5. The fourth-order valence-electron chi connectivity index (χ4n) is 8.74. The predicted octanol–water partition coefficient (Wildman–Crippen LogP) is 3.91. The van der Waals surface area contributed by atoms with Gasteiger partial charge in [-0.25, -0.2) is 0 Å². The largest absolute Gasteiger partial charge is 0.396 e. The second-order valence-corrected chi connectivity index (χ2v) is 11.1. The Balaban J connectivity index is 1.49. The van der Waals surface area contributed by atoms with Gasteiger partial charge in [-0.3, -0.25) is 0 Å². The molecule has 4 aliphatic carbocycles. The number of allylic oxidation sites excluding steroid dienone is 1. The average molecular weight is 391 g/mol. The Morgan fingerprint density at radius 2 is 1.82 bits per heavy atom. The van der Waals surface area contributed by atoms with E-state index in [0.29, 0.717) is 25.0 Å². The van der Waals surface area contributed by atoms with Crippen LogP contribution in [0, 0.1) is 40.4 Å². The third kappa shape index (κ3) is 2.57. The smallest absolute Gasteiger partial charge is 0.169 e. The Morgan fingerprint density at radius 1 is 1.07 bits per heavy atom. The van der Waals surface area contributed by atoms with Gasteiger partial charge in [0.25, 0.3) is 0 Å². The van der Waals surface area contributed by atoms with Crippen molar-refractivity contribution in [3.8, 4) is 0 Å². The van der Waals surface area contributed by atoms with Gasteiger partial charge in [-0.15, -0.1) is 0 Å². The van der Waals surface area contributed by atoms with Crippen LogP contribution >= 0.6 is 0 Å². The number of hydrogen-bond acceptors (Lipinski definition) is 4. The van der Waals surface area contributed by atoms with Gasteiger partial charge >= 0.3 is 0 Å². The molecule has 8 atom stereocenters. The molecule has 0 radical (unpaired) electrons. The van der Waals surface area contributed by atoms with Gasteiger partial charge in [-0.1, -0.05) is 25.5 Å². The maximum Gasteiger partial charge on any atom is 0.169 e. The van der Waals surface area contributed by atoms with Gasteiger partial charge < -0.3 is 19.7 Å². The van der Waals surface area contributed by atoms with Crippen LogP contribution in [0.3, 0.4) is 0 Å². The molecule has 4 heteroatoms. The highest BCUT2D eigenvalue weighted by Gasteiger charge is 2.65. The SMILES string of the molecule is CC1([C@@H]2[C@H](CO)C[C@@H]3[C@@H]4CC=C5C[C@H](O)CC[C@]5(C)[C@H]4CC[C@@]32C)OCCO1. The van der Waals surface area contributed by atoms with Crippen LogP contribution in [-0.2, 0) is 9.47 Å². The fraction of sp³-hybridized carbons (Fsp3) is 0.917. The zero-order valence-corrected chi connectivity index (χ0v) is 17.8. The molecule has 2 N–H and O–H groups in total. The first-order valence-corrected chi connectivity index (χ1v) is 11.6. The summed E-state index contributed by atoms with van der Waals surface area (Å²) in [6, 6.07) is 0. The predicted molar refractivity (Wildman–Crippen MR) is 107 cm³/mol. The summed E-state index contributed by atoms with van der Waals surface area (Å²) in [5.74, 6) is 2.02. The summed E-state index contributed by atoms with van der Waals surface area (Å²) in [5.41, 5.74) is 1.96. The van der Waals surface area contributed by atoms with Crippen LogP contribution in [0.15, 0.2) is 11.6 Å². The third-order valence-corrected chi connectivity index (χ3v) is 9.91. The Bertz CT molecular complexity index is 653. The van der Waals surface area contributed by atoms with Crippen molar-refractivity contribution in [2.45, 2.75) is 77.6 Å². The molecule has 4 fully saturated rings. The van der Waals surface area contributed by atoms with Gasteiger partial charge in [0.1, 0.15) is 0 Å². The van der Waals surface area contributed by atoms with Crippen LogP contribution in [0.5, 0.6) is 0 Å². The Labute approximate surface area is 169 Å². The molecule has 0 bridgehead atoms. The molecule has 1 heterocycles. The van der Waals surface area contributed by atoms with Crippen LogP contribution in [-0.4, -0.2) is 41.9 Å². The molecule has 1 saturated heterocycles. The van der Waals surface area contributed by atoms with E-state index in [1.165, 1.54) is 18.4 Å².